The molecule has 4 N–H and O–H groups in total. The van der Waals surface area contributed by atoms with Crippen LogP contribution in [0.3, 0.4) is 0 Å². The van der Waals surface area contributed by atoms with Crippen molar-refractivity contribution in [3.05, 3.63) is 23.3 Å². The minimum atomic E-state index is 0.757. The molecular weight excluding hydrogens is 186 g/mol. The summed E-state index contributed by atoms with van der Waals surface area (Å²) in [6, 6.07) is 4.00. The molecule has 0 bridgehead atoms. The second-order valence-corrected chi connectivity index (χ2v) is 3.23. The predicted molar refractivity (Wildman–Crippen MR) is 68.9 cm³/mol. The van der Waals surface area contributed by atoms with Crippen LogP contribution in [0.5, 0.6) is 0 Å². The number of rotatable bonds is 2. The molecule has 1 rings (SSSR count). The Morgan fingerprint density at radius 2 is 1.73 bits per heavy atom. The molecule has 86 valence electrons. The summed E-state index contributed by atoms with van der Waals surface area (Å²) in [7, 11) is 0. The van der Waals surface area contributed by atoms with Gasteiger partial charge in [-0.1, -0.05) is 19.9 Å². The topological polar surface area (TPSA) is 55.3 Å². The van der Waals surface area contributed by atoms with Crippen LogP contribution in [0.15, 0.2) is 12.1 Å². The maximum atomic E-state index is 5.94. The zero-order valence-electron chi connectivity index (χ0n) is 10.5. The number of hydrazine groups is 1. The van der Waals surface area contributed by atoms with Crippen molar-refractivity contribution in [3.63, 3.8) is 0 Å². The first-order chi connectivity index (χ1) is 7.07. The Hall–Kier alpha value is -1.22. The van der Waals surface area contributed by atoms with Crippen molar-refractivity contribution in [1.29, 1.82) is 0 Å². The van der Waals surface area contributed by atoms with Crippen molar-refractivity contribution < 1.29 is 0 Å². The van der Waals surface area contributed by atoms with E-state index >= 15 is 0 Å². The fraction of sp³-hybridized carbons (Fsp3) is 0.500. The molecular formula is C12H23N3. The first-order valence-electron chi connectivity index (χ1n) is 5.45. The molecule has 0 saturated carbocycles. The van der Waals surface area contributed by atoms with Crippen molar-refractivity contribution in [1.82, 2.24) is 0 Å². The van der Waals surface area contributed by atoms with Crippen molar-refractivity contribution >= 4 is 11.4 Å². The SMILES string of the molecule is CC.CCN(N)c1ccc(C)c(C)c1N. The fourth-order valence-corrected chi connectivity index (χ4v) is 1.24. The molecule has 3 nitrogen and oxygen atoms in total. The molecule has 0 aliphatic rings. The second-order valence-electron chi connectivity index (χ2n) is 3.23. The Bertz CT molecular complexity index is 308. The van der Waals surface area contributed by atoms with E-state index in [4.69, 9.17) is 11.6 Å². The summed E-state index contributed by atoms with van der Waals surface area (Å²) >= 11 is 0. The summed E-state index contributed by atoms with van der Waals surface area (Å²) in [5.74, 6) is 5.77. The molecule has 3 heteroatoms. The van der Waals surface area contributed by atoms with Crippen LogP contribution in [-0.4, -0.2) is 6.54 Å². The maximum Gasteiger partial charge on any atom is 0.0749 e. The largest absolute Gasteiger partial charge is 0.397 e. The highest BCUT2D eigenvalue weighted by Gasteiger charge is 2.07. The highest BCUT2D eigenvalue weighted by Crippen LogP contribution is 2.26. The van der Waals surface area contributed by atoms with Crippen LogP contribution in [-0.2, 0) is 0 Å². The first-order valence-corrected chi connectivity index (χ1v) is 5.45. The first kappa shape index (κ1) is 13.8. The average Bonchev–Trinajstić information content (AvgIpc) is 2.28. The lowest BCUT2D eigenvalue weighted by Crippen LogP contribution is -2.31. The van der Waals surface area contributed by atoms with Crippen molar-refractivity contribution in [2.24, 2.45) is 5.84 Å². The van der Waals surface area contributed by atoms with Gasteiger partial charge in [0, 0.05) is 6.54 Å². The van der Waals surface area contributed by atoms with Gasteiger partial charge in [-0.05, 0) is 38.0 Å². The van der Waals surface area contributed by atoms with Gasteiger partial charge in [0.2, 0.25) is 0 Å². The van der Waals surface area contributed by atoms with Crippen LogP contribution in [0, 0.1) is 13.8 Å². The molecule has 0 aliphatic carbocycles. The van der Waals surface area contributed by atoms with Gasteiger partial charge in [-0.15, -0.1) is 0 Å². The van der Waals surface area contributed by atoms with Crippen LogP contribution in [0.25, 0.3) is 0 Å². The van der Waals surface area contributed by atoms with Crippen molar-refractivity contribution in [2.45, 2.75) is 34.6 Å². The highest BCUT2D eigenvalue weighted by molar-refractivity contribution is 5.71. The van der Waals surface area contributed by atoms with E-state index in [1.165, 1.54) is 5.56 Å². The molecule has 1 aromatic rings. The van der Waals surface area contributed by atoms with Crippen LogP contribution in [0.4, 0.5) is 11.4 Å². The van der Waals surface area contributed by atoms with Gasteiger partial charge in [-0.3, -0.25) is 0 Å². The van der Waals surface area contributed by atoms with Crippen LogP contribution < -0.4 is 16.6 Å². The van der Waals surface area contributed by atoms with Crippen LogP contribution in [0.2, 0.25) is 0 Å². The monoisotopic (exact) mass is 209 g/mol. The number of nitrogen functional groups attached to an aromatic ring is 1. The van der Waals surface area contributed by atoms with E-state index in [-0.39, 0.29) is 0 Å². The van der Waals surface area contributed by atoms with Gasteiger partial charge in [-0.2, -0.15) is 0 Å². The molecule has 0 fully saturated rings. The van der Waals surface area contributed by atoms with Gasteiger partial charge in [0.15, 0.2) is 0 Å². The summed E-state index contributed by atoms with van der Waals surface area (Å²) in [4.78, 5) is 0. The smallest absolute Gasteiger partial charge is 0.0749 e. The summed E-state index contributed by atoms with van der Waals surface area (Å²) in [6.45, 7) is 10.8. The number of nitrogens with two attached hydrogens (primary N) is 2. The molecule has 1 aromatic carbocycles. The fourth-order valence-electron chi connectivity index (χ4n) is 1.24. The Balaban J connectivity index is 0.000000921. The van der Waals surface area contributed by atoms with E-state index in [0.29, 0.717) is 0 Å². The molecule has 0 atom stereocenters. The van der Waals surface area contributed by atoms with Gasteiger partial charge >= 0.3 is 0 Å². The third-order valence-electron chi connectivity index (χ3n) is 2.41. The number of aryl methyl sites for hydroxylation is 1. The number of benzene rings is 1. The highest BCUT2D eigenvalue weighted by atomic mass is 15.4. The molecule has 15 heavy (non-hydrogen) atoms. The van der Waals surface area contributed by atoms with E-state index in [0.717, 1.165) is 23.5 Å². The van der Waals surface area contributed by atoms with Crippen LogP contribution in [0.1, 0.15) is 31.9 Å². The molecule has 0 aromatic heterocycles. The van der Waals surface area contributed by atoms with Gasteiger partial charge in [-0.25, -0.2) is 5.84 Å². The molecule has 0 radical (unpaired) electrons. The zero-order chi connectivity index (χ0) is 12.0. The average molecular weight is 209 g/mol. The molecule has 0 aliphatic heterocycles. The summed E-state index contributed by atoms with van der Waals surface area (Å²) in [5, 5.41) is 1.65. The number of nitrogens with zero attached hydrogens (tertiary/aromatic N) is 1. The zero-order valence-corrected chi connectivity index (χ0v) is 10.5. The van der Waals surface area contributed by atoms with E-state index in [1.807, 2.05) is 46.8 Å². The van der Waals surface area contributed by atoms with Crippen molar-refractivity contribution in [2.75, 3.05) is 17.3 Å². The Morgan fingerprint density at radius 3 is 2.20 bits per heavy atom. The van der Waals surface area contributed by atoms with Crippen LogP contribution >= 0.6 is 0 Å². The van der Waals surface area contributed by atoms with E-state index in [1.54, 1.807) is 5.01 Å². The van der Waals surface area contributed by atoms with Gasteiger partial charge in [0.25, 0.3) is 0 Å². The predicted octanol–water partition coefficient (Wildman–Crippen LogP) is 2.61. The molecule has 0 amide bonds. The lowest BCUT2D eigenvalue weighted by atomic mass is 10.1. The quantitative estimate of drug-likeness (QED) is 0.447. The van der Waals surface area contributed by atoms with Gasteiger partial charge < -0.3 is 10.7 Å². The Morgan fingerprint density at radius 1 is 1.20 bits per heavy atom. The number of hydrogen-bond acceptors (Lipinski definition) is 3. The summed E-state index contributed by atoms with van der Waals surface area (Å²) in [6.07, 6.45) is 0. The molecule has 0 spiro atoms. The van der Waals surface area contributed by atoms with E-state index < -0.39 is 0 Å². The van der Waals surface area contributed by atoms with E-state index in [9.17, 15) is 0 Å². The van der Waals surface area contributed by atoms with Gasteiger partial charge in [0.1, 0.15) is 0 Å². The number of anilines is 2. The lowest BCUT2D eigenvalue weighted by Gasteiger charge is -2.20. The molecule has 0 unspecified atom stereocenters. The minimum Gasteiger partial charge on any atom is -0.397 e. The Labute approximate surface area is 93.0 Å². The standard InChI is InChI=1S/C10H17N3.C2H6/c1-4-13(12)9-6-5-7(2)8(3)10(9)11;1-2/h5-6H,4,11-12H2,1-3H3;1-2H3. The maximum absolute atomic E-state index is 5.94. The minimum absolute atomic E-state index is 0.757. The van der Waals surface area contributed by atoms with E-state index in [2.05, 4.69) is 0 Å². The molecule has 0 saturated heterocycles. The molecule has 0 heterocycles. The Kier molecular flexibility index (Phi) is 5.79. The normalized spacial score (nSPS) is 9.20. The second kappa shape index (κ2) is 6.30. The summed E-state index contributed by atoms with van der Waals surface area (Å²) in [5.41, 5.74) is 9.94. The van der Waals surface area contributed by atoms with Gasteiger partial charge in [0.05, 0.1) is 11.4 Å². The third kappa shape index (κ3) is 3.13. The third-order valence-corrected chi connectivity index (χ3v) is 2.41. The lowest BCUT2D eigenvalue weighted by molar-refractivity contribution is 0.892. The van der Waals surface area contributed by atoms with Crippen molar-refractivity contribution in [3.8, 4) is 0 Å². The summed E-state index contributed by atoms with van der Waals surface area (Å²) < 4.78 is 0. The number of hydrogen-bond donors (Lipinski definition) is 2.